The number of nitrogens with one attached hydrogen (secondary N) is 1. The zero-order valence-electron chi connectivity index (χ0n) is 12.9. The van der Waals surface area contributed by atoms with Gasteiger partial charge in [0.05, 0.1) is 10.7 Å². The van der Waals surface area contributed by atoms with Crippen molar-refractivity contribution in [1.29, 1.82) is 0 Å². The van der Waals surface area contributed by atoms with Crippen LogP contribution in [0.25, 0.3) is 0 Å². The molecule has 1 aromatic carbocycles. The van der Waals surface area contributed by atoms with Crippen LogP contribution >= 0.6 is 24.0 Å². The van der Waals surface area contributed by atoms with Crippen molar-refractivity contribution >= 4 is 51.5 Å². The first-order valence-corrected chi connectivity index (χ1v) is 8.88. The highest BCUT2D eigenvalue weighted by atomic mass is 32.2. The summed E-state index contributed by atoms with van der Waals surface area (Å²) in [6.45, 7) is 0.594. The van der Waals surface area contributed by atoms with Gasteiger partial charge in [-0.2, -0.15) is 0 Å². The number of benzene rings is 1. The summed E-state index contributed by atoms with van der Waals surface area (Å²) in [5.74, 6) is 0.289. The topological polar surface area (TPSA) is 92.6 Å². The third kappa shape index (κ3) is 5.27. The van der Waals surface area contributed by atoms with E-state index in [-0.39, 0.29) is 17.5 Å². The van der Waals surface area contributed by atoms with Crippen LogP contribution in [0.15, 0.2) is 24.3 Å². The van der Waals surface area contributed by atoms with Crippen LogP contribution in [0.3, 0.4) is 0 Å². The molecule has 2 rings (SSSR count). The Hall–Kier alpha value is -2.00. The minimum atomic E-state index is -0.502. The second-order valence-corrected chi connectivity index (χ2v) is 6.88. The van der Waals surface area contributed by atoms with Gasteiger partial charge in [-0.1, -0.05) is 36.5 Å². The van der Waals surface area contributed by atoms with Crippen molar-refractivity contribution in [2.24, 2.45) is 0 Å². The van der Waals surface area contributed by atoms with Gasteiger partial charge >= 0.3 is 0 Å². The smallest absolute Gasteiger partial charge is 0.271 e. The first-order chi connectivity index (χ1) is 11.5. The number of hydrogen-bond donors (Lipinski definition) is 1. The molecular formula is C15H17N3O4S2. The van der Waals surface area contributed by atoms with Gasteiger partial charge in [-0.3, -0.25) is 24.6 Å². The molecule has 0 bridgehead atoms. The van der Waals surface area contributed by atoms with Crippen LogP contribution in [-0.2, 0) is 9.59 Å². The molecule has 0 spiro atoms. The summed E-state index contributed by atoms with van der Waals surface area (Å²) in [5, 5.41) is 13.3. The zero-order valence-corrected chi connectivity index (χ0v) is 14.5. The van der Waals surface area contributed by atoms with E-state index in [2.05, 4.69) is 5.32 Å². The van der Waals surface area contributed by atoms with Crippen molar-refractivity contribution in [2.45, 2.75) is 25.7 Å². The summed E-state index contributed by atoms with van der Waals surface area (Å²) in [7, 11) is 0. The molecule has 0 unspecified atom stereocenters. The number of nitro benzene ring substituents is 1. The van der Waals surface area contributed by atoms with Gasteiger partial charge < -0.3 is 5.32 Å². The van der Waals surface area contributed by atoms with Crippen LogP contribution < -0.4 is 5.32 Å². The van der Waals surface area contributed by atoms with Gasteiger partial charge in [0.1, 0.15) is 4.32 Å². The molecule has 0 atom stereocenters. The van der Waals surface area contributed by atoms with Gasteiger partial charge in [0.15, 0.2) is 0 Å². The first-order valence-electron chi connectivity index (χ1n) is 7.49. The number of nitro groups is 1. The maximum Gasteiger partial charge on any atom is 0.271 e. The van der Waals surface area contributed by atoms with Gasteiger partial charge in [0.2, 0.25) is 11.8 Å². The highest BCUT2D eigenvalue weighted by Gasteiger charge is 2.25. The maximum absolute atomic E-state index is 11.8. The molecule has 1 aliphatic heterocycles. The van der Waals surface area contributed by atoms with Gasteiger partial charge in [-0.25, -0.2) is 0 Å². The second-order valence-electron chi connectivity index (χ2n) is 5.27. The summed E-state index contributed by atoms with van der Waals surface area (Å²) < 4.78 is 0.628. The minimum Gasteiger partial charge on any atom is -0.326 e. The number of hydrogen-bond acceptors (Lipinski definition) is 6. The zero-order chi connectivity index (χ0) is 17.5. The summed E-state index contributed by atoms with van der Waals surface area (Å²) in [6, 6.07) is 5.84. The van der Waals surface area contributed by atoms with Crippen LogP contribution in [0.2, 0.25) is 0 Å². The van der Waals surface area contributed by atoms with Crippen LogP contribution in [-0.4, -0.2) is 38.3 Å². The van der Waals surface area contributed by atoms with E-state index in [0.717, 1.165) is 12.8 Å². The number of nitrogens with zero attached hydrogens (tertiary/aromatic N) is 2. The highest BCUT2D eigenvalue weighted by molar-refractivity contribution is 8.23. The monoisotopic (exact) mass is 367 g/mol. The minimum absolute atomic E-state index is 0.0495. The Morgan fingerprint density at radius 1 is 1.38 bits per heavy atom. The maximum atomic E-state index is 11.8. The molecular weight excluding hydrogens is 350 g/mol. The normalized spacial score (nSPS) is 14.1. The molecule has 1 saturated heterocycles. The third-order valence-corrected chi connectivity index (χ3v) is 4.90. The summed E-state index contributed by atoms with van der Waals surface area (Å²) in [5.41, 5.74) is 0.358. The lowest BCUT2D eigenvalue weighted by molar-refractivity contribution is -0.384. The van der Waals surface area contributed by atoms with Crippen LogP contribution in [0.4, 0.5) is 11.4 Å². The molecule has 2 amide bonds. The number of thioether (sulfide) groups is 1. The fourth-order valence-corrected chi connectivity index (χ4v) is 3.37. The lowest BCUT2D eigenvalue weighted by Crippen LogP contribution is -2.29. The number of thiocarbonyl (C=S) groups is 1. The van der Waals surface area contributed by atoms with Gasteiger partial charge in [-0.15, -0.1) is 0 Å². The van der Waals surface area contributed by atoms with E-state index < -0.39 is 4.92 Å². The number of rotatable bonds is 8. The molecule has 1 aromatic rings. The Balaban J connectivity index is 1.66. The fourth-order valence-electron chi connectivity index (χ4n) is 2.25. The van der Waals surface area contributed by atoms with Crippen LogP contribution in [0, 0.1) is 10.1 Å². The lowest BCUT2D eigenvalue weighted by Gasteiger charge is -2.14. The van der Waals surface area contributed by atoms with Crippen LogP contribution in [0.5, 0.6) is 0 Å². The number of non-ortho nitro benzene ring substituents is 1. The molecule has 128 valence electrons. The molecule has 9 heteroatoms. The van der Waals surface area contributed by atoms with Crippen molar-refractivity contribution < 1.29 is 14.5 Å². The second kappa shape index (κ2) is 8.74. The quantitative estimate of drug-likeness (QED) is 0.329. The summed E-state index contributed by atoms with van der Waals surface area (Å²) >= 11 is 6.48. The van der Waals surface area contributed by atoms with Crippen LogP contribution in [0.1, 0.15) is 25.7 Å². The number of anilines is 1. The van der Waals surface area contributed by atoms with E-state index in [4.69, 9.17) is 12.2 Å². The van der Waals surface area contributed by atoms with Gasteiger partial charge in [0.25, 0.3) is 5.69 Å². The number of carbonyl (C=O) groups excluding carboxylic acids is 2. The molecule has 1 aliphatic rings. The van der Waals surface area contributed by atoms with Crippen molar-refractivity contribution in [1.82, 2.24) is 4.90 Å². The molecule has 7 nitrogen and oxygen atoms in total. The van der Waals surface area contributed by atoms with E-state index >= 15 is 0 Å². The SMILES string of the molecule is O=C(CCCCCN1C(=O)CSC1=S)Nc1cccc([N+](=O)[O-])c1. The van der Waals surface area contributed by atoms with Crippen molar-refractivity contribution in [3.8, 4) is 0 Å². The Labute approximate surface area is 148 Å². The van der Waals surface area contributed by atoms with Crippen molar-refractivity contribution in [2.75, 3.05) is 17.6 Å². The Bertz CT molecular complexity index is 650. The molecule has 0 radical (unpaired) electrons. The average Bonchev–Trinajstić information content (AvgIpc) is 2.86. The summed E-state index contributed by atoms with van der Waals surface area (Å²) in [4.78, 5) is 35.2. The molecule has 0 saturated carbocycles. The number of carbonyl (C=O) groups is 2. The predicted molar refractivity (Wildman–Crippen MR) is 97.0 cm³/mol. The Morgan fingerprint density at radius 3 is 2.83 bits per heavy atom. The van der Waals surface area contributed by atoms with E-state index in [9.17, 15) is 19.7 Å². The number of amides is 2. The molecule has 1 fully saturated rings. The van der Waals surface area contributed by atoms with E-state index in [0.29, 0.717) is 35.1 Å². The summed E-state index contributed by atoms with van der Waals surface area (Å²) in [6.07, 6.45) is 2.61. The van der Waals surface area contributed by atoms with E-state index in [1.54, 1.807) is 11.0 Å². The Kier molecular flexibility index (Phi) is 6.68. The van der Waals surface area contributed by atoms with Crippen molar-refractivity contribution in [3.05, 3.63) is 34.4 Å². The lowest BCUT2D eigenvalue weighted by atomic mass is 10.1. The molecule has 1 N–H and O–H groups in total. The fraction of sp³-hybridized carbons (Fsp3) is 0.400. The van der Waals surface area contributed by atoms with E-state index in [1.165, 1.54) is 30.0 Å². The molecule has 0 aromatic heterocycles. The first kappa shape index (κ1) is 18.3. The van der Waals surface area contributed by atoms with Gasteiger partial charge in [-0.05, 0) is 18.9 Å². The predicted octanol–water partition coefficient (Wildman–Crippen LogP) is 2.95. The third-order valence-electron chi connectivity index (χ3n) is 3.47. The largest absolute Gasteiger partial charge is 0.326 e. The standard InChI is InChI=1S/C15H17N3O4S2/c19-13(16-11-5-4-6-12(9-11)18(21)22)7-2-1-3-8-17-14(20)10-24-15(17)23/h4-6,9H,1-3,7-8,10H2,(H,16,19). The average molecular weight is 367 g/mol. The molecule has 24 heavy (non-hydrogen) atoms. The molecule has 0 aliphatic carbocycles. The molecule has 1 heterocycles. The van der Waals surface area contributed by atoms with Crippen molar-refractivity contribution in [3.63, 3.8) is 0 Å². The number of unbranched alkanes of at least 4 members (excludes halogenated alkanes) is 2. The van der Waals surface area contributed by atoms with Gasteiger partial charge in [0, 0.05) is 30.8 Å². The highest BCUT2D eigenvalue weighted by Crippen LogP contribution is 2.20. The van der Waals surface area contributed by atoms with E-state index in [1.807, 2.05) is 0 Å². The Morgan fingerprint density at radius 2 is 2.17 bits per heavy atom.